The number of rotatable bonds is 6. The first kappa shape index (κ1) is 18.7. The van der Waals surface area contributed by atoms with E-state index in [0.29, 0.717) is 32.1 Å². The molecule has 0 saturated carbocycles. The predicted molar refractivity (Wildman–Crippen MR) is 104 cm³/mol. The van der Waals surface area contributed by atoms with Gasteiger partial charge in [-0.05, 0) is 34.7 Å². The van der Waals surface area contributed by atoms with Gasteiger partial charge in [0.2, 0.25) is 11.9 Å². The molecule has 29 heavy (non-hydrogen) atoms. The lowest BCUT2D eigenvalue weighted by molar-refractivity contribution is -0.131. The van der Waals surface area contributed by atoms with Crippen LogP contribution >= 0.6 is 0 Å². The van der Waals surface area contributed by atoms with Crippen molar-refractivity contribution in [3.05, 3.63) is 54.5 Å². The molecule has 0 bridgehead atoms. The molecule has 1 aliphatic heterocycles. The summed E-state index contributed by atoms with van der Waals surface area (Å²) in [6.07, 6.45) is 1.68. The third kappa shape index (κ3) is 4.26. The van der Waals surface area contributed by atoms with Crippen molar-refractivity contribution in [1.29, 1.82) is 0 Å². The molecule has 3 heterocycles. The van der Waals surface area contributed by atoms with Gasteiger partial charge >= 0.3 is 0 Å². The minimum atomic E-state index is -0.319. The van der Waals surface area contributed by atoms with Gasteiger partial charge in [-0.15, -0.1) is 0 Å². The number of nitrogens with zero attached hydrogens (tertiary/aromatic N) is 6. The molecule has 1 aliphatic rings. The van der Waals surface area contributed by atoms with E-state index in [4.69, 9.17) is 4.42 Å². The first-order valence-corrected chi connectivity index (χ1v) is 9.40. The Bertz CT molecular complexity index is 947. The van der Waals surface area contributed by atoms with E-state index in [1.54, 1.807) is 21.7 Å². The van der Waals surface area contributed by atoms with E-state index >= 15 is 0 Å². The molecule has 0 spiro atoms. The van der Waals surface area contributed by atoms with Crippen molar-refractivity contribution >= 4 is 17.8 Å². The summed E-state index contributed by atoms with van der Waals surface area (Å²) in [4.78, 5) is 28.1. The highest BCUT2D eigenvalue weighted by Gasteiger charge is 2.24. The summed E-state index contributed by atoms with van der Waals surface area (Å²) in [6, 6.07) is 12.9. The number of para-hydroxylation sites is 1. The fourth-order valence-corrected chi connectivity index (χ4v) is 3.21. The standard InChI is InChI=1S/C19H21N7O3/c27-17(8-9-20-18(28)16-7-4-14-29-16)24-10-12-25(13-11-24)19-21-22-23-26(19)15-5-2-1-3-6-15/h1-7,14H,8-13H2,(H,20,28). The maximum absolute atomic E-state index is 12.4. The lowest BCUT2D eigenvalue weighted by Gasteiger charge is -2.34. The van der Waals surface area contributed by atoms with E-state index in [-0.39, 0.29) is 30.5 Å². The second-order valence-electron chi connectivity index (χ2n) is 6.58. The number of carbonyl (C=O) groups excluding carboxylic acids is 2. The van der Waals surface area contributed by atoms with Crippen LogP contribution in [0.25, 0.3) is 5.69 Å². The number of hydrogen-bond donors (Lipinski definition) is 1. The normalized spacial score (nSPS) is 14.1. The number of carbonyl (C=O) groups is 2. The summed E-state index contributed by atoms with van der Waals surface area (Å²) in [7, 11) is 0. The Hall–Kier alpha value is -3.69. The van der Waals surface area contributed by atoms with Crippen molar-refractivity contribution < 1.29 is 14.0 Å². The molecule has 2 amide bonds. The summed E-state index contributed by atoms with van der Waals surface area (Å²) in [6.45, 7) is 2.69. The molecule has 10 nitrogen and oxygen atoms in total. The molecule has 150 valence electrons. The number of piperazine rings is 1. The zero-order valence-corrected chi connectivity index (χ0v) is 15.8. The van der Waals surface area contributed by atoms with E-state index in [9.17, 15) is 9.59 Å². The smallest absolute Gasteiger partial charge is 0.286 e. The number of aromatic nitrogens is 4. The third-order valence-electron chi connectivity index (χ3n) is 4.74. The Morgan fingerprint density at radius 2 is 1.83 bits per heavy atom. The first-order chi connectivity index (χ1) is 14.2. The van der Waals surface area contributed by atoms with Gasteiger partial charge in [-0.3, -0.25) is 9.59 Å². The van der Waals surface area contributed by atoms with E-state index in [0.717, 1.165) is 5.69 Å². The minimum absolute atomic E-state index is 0.00652. The largest absolute Gasteiger partial charge is 0.459 e. The summed E-state index contributed by atoms with van der Waals surface area (Å²) in [5.74, 6) is 0.587. The van der Waals surface area contributed by atoms with E-state index in [1.807, 2.05) is 30.3 Å². The second kappa shape index (κ2) is 8.55. The molecule has 3 aromatic rings. The molecular formula is C19H21N7O3. The van der Waals surface area contributed by atoms with Crippen molar-refractivity contribution in [2.75, 3.05) is 37.6 Å². The molecule has 1 fully saturated rings. The zero-order valence-electron chi connectivity index (χ0n) is 15.8. The molecule has 2 aromatic heterocycles. The molecule has 10 heteroatoms. The molecular weight excluding hydrogens is 374 g/mol. The van der Waals surface area contributed by atoms with Crippen LogP contribution in [0.1, 0.15) is 17.0 Å². The lowest BCUT2D eigenvalue weighted by Crippen LogP contribution is -2.50. The van der Waals surface area contributed by atoms with Crippen LogP contribution in [0.3, 0.4) is 0 Å². The molecule has 4 rings (SSSR count). The van der Waals surface area contributed by atoms with Gasteiger partial charge in [-0.1, -0.05) is 23.3 Å². The number of nitrogens with one attached hydrogen (secondary N) is 1. The average molecular weight is 395 g/mol. The Labute approximate surface area is 167 Å². The maximum Gasteiger partial charge on any atom is 0.286 e. The topological polar surface area (TPSA) is 109 Å². The van der Waals surface area contributed by atoms with E-state index in [1.165, 1.54) is 6.26 Å². The average Bonchev–Trinajstić information content (AvgIpc) is 3.46. The number of tetrazole rings is 1. The van der Waals surface area contributed by atoms with Crippen molar-refractivity contribution in [3.8, 4) is 5.69 Å². The van der Waals surface area contributed by atoms with Crippen LogP contribution in [0, 0.1) is 0 Å². The van der Waals surface area contributed by atoms with Crippen LogP contribution in [0.2, 0.25) is 0 Å². The maximum atomic E-state index is 12.4. The monoisotopic (exact) mass is 395 g/mol. The van der Waals surface area contributed by atoms with Crippen LogP contribution in [-0.2, 0) is 4.79 Å². The number of hydrogen-bond acceptors (Lipinski definition) is 7. The Kier molecular flexibility index (Phi) is 5.50. The van der Waals surface area contributed by atoms with Crippen LogP contribution in [-0.4, -0.2) is 69.6 Å². The van der Waals surface area contributed by atoms with E-state index < -0.39 is 0 Å². The van der Waals surface area contributed by atoms with Gasteiger partial charge in [0, 0.05) is 39.1 Å². The third-order valence-corrected chi connectivity index (χ3v) is 4.74. The Morgan fingerprint density at radius 1 is 1.03 bits per heavy atom. The number of amides is 2. The summed E-state index contributed by atoms with van der Waals surface area (Å²) in [5, 5.41) is 14.7. The molecule has 0 radical (unpaired) electrons. The fraction of sp³-hybridized carbons (Fsp3) is 0.316. The zero-order chi connectivity index (χ0) is 20.1. The van der Waals surface area contributed by atoms with Gasteiger partial charge < -0.3 is 19.5 Å². The van der Waals surface area contributed by atoms with Crippen molar-refractivity contribution in [2.45, 2.75) is 6.42 Å². The SMILES string of the molecule is O=C(NCCC(=O)N1CCN(c2nnnn2-c2ccccc2)CC1)c1ccco1. The quantitative estimate of drug-likeness (QED) is 0.655. The number of anilines is 1. The summed E-state index contributed by atoms with van der Waals surface area (Å²) >= 11 is 0. The summed E-state index contributed by atoms with van der Waals surface area (Å²) < 4.78 is 6.72. The van der Waals surface area contributed by atoms with Gasteiger partial charge in [0.05, 0.1) is 12.0 Å². The molecule has 0 atom stereocenters. The predicted octanol–water partition coefficient (Wildman–Crippen LogP) is 0.724. The van der Waals surface area contributed by atoms with Crippen molar-refractivity contribution in [2.24, 2.45) is 0 Å². The highest BCUT2D eigenvalue weighted by Crippen LogP contribution is 2.17. The molecule has 1 saturated heterocycles. The molecule has 1 N–H and O–H groups in total. The highest BCUT2D eigenvalue weighted by atomic mass is 16.3. The fourth-order valence-electron chi connectivity index (χ4n) is 3.21. The van der Waals surface area contributed by atoms with Gasteiger partial charge in [0.15, 0.2) is 5.76 Å². The molecule has 0 unspecified atom stereocenters. The van der Waals surface area contributed by atoms with Crippen LogP contribution in [0.15, 0.2) is 53.1 Å². The molecule has 1 aromatic carbocycles. The summed E-state index contributed by atoms with van der Waals surface area (Å²) in [5.41, 5.74) is 0.887. The first-order valence-electron chi connectivity index (χ1n) is 9.40. The van der Waals surface area contributed by atoms with Crippen molar-refractivity contribution in [3.63, 3.8) is 0 Å². The number of furan rings is 1. The lowest BCUT2D eigenvalue weighted by atomic mass is 10.2. The molecule has 0 aliphatic carbocycles. The van der Waals surface area contributed by atoms with Gasteiger partial charge in [0.25, 0.3) is 5.91 Å². The Morgan fingerprint density at radius 3 is 2.55 bits per heavy atom. The van der Waals surface area contributed by atoms with Crippen LogP contribution < -0.4 is 10.2 Å². The number of benzene rings is 1. The van der Waals surface area contributed by atoms with E-state index in [2.05, 4.69) is 25.7 Å². The highest BCUT2D eigenvalue weighted by molar-refractivity contribution is 5.91. The Balaban J connectivity index is 1.27. The van der Waals surface area contributed by atoms with Gasteiger partial charge in [-0.2, -0.15) is 4.68 Å². The second-order valence-corrected chi connectivity index (χ2v) is 6.58. The van der Waals surface area contributed by atoms with Crippen LogP contribution in [0.4, 0.5) is 5.95 Å². The van der Waals surface area contributed by atoms with Gasteiger partial charge in [0.1, 0.15) is 0 Å². The minimum Gasteiger partial charge on any atom is -0.459 e. The van der Waals surface area contributed by atoms with Crippen molar-refractivity contribution in [1.82, 2.24) is 30.4 Å². The van der Waals surface area contributed by atoms with Gasteiger partial charge in [-0.25, -0.2) is 0 Å². The van der Waals surface area contributed by atoms with Crippen LogP contribution in [0.5, 0.6) is 0 Å².